The summed E-state index contributed by atoms with van der Waals surface area (Å²) in [5.41, 5.74) is 9.61. The fourth-order valence-corrected chi connectivity index (χ4v) is 7.26. The molecule has 7 heteroatoms. The summed E-state index contributed by atoms with van der Waals surface area (Å²) in [7, 11) is 0. The van der Waals surface area contributed by atoms with Crippen LogP contribution in [0, 0.1) is 0 Å². The second kappa shape index (κ2) is 9.40. The number of furan rings is 2. The molecule has 0 spiro atoms. The van der Waals surface area contributed by atoms with Crippen molar-refractivity contribution >= 4 is 71.7 Å². The van der Waals surface area contributed by atoms with Gasteiger partial charge in [-0.3, -0.25) is 8.97 Å². The third-order valence-electron chi connectivity index (χ3n) is 9.37. The van der Waals surface area contributed by atoms with Crippen molar-refractivity contribution in [2.75, 3.05) is 0 Å². The van der Waals surface area contributed by atoms with E-state index in [9.17, 15) is 0 Å². The maximum Gasteiger partial charge on any atom is 0.221 e. The molecule has 0 radical (unpaired) electrons. The van der Waals surface area contributed by atoms with Crippen molar-refractivity contribution in [3.63, 3.8) is 0 Å². The Kier molecular flexibility index (Phi) is 4.99. The van der Waals surface area contributed by atoms with Crippen molar-refractivity contribution in [2.45, 2.75) is 0 Å². The first kappa shape index (κ1) is 25.5. The Balaban J connectivity index is 1.27. The van der Waals surface area contributed by atoms with Crippen LogP contribution in [0.15, 0.2) is 148 Å². The predicted molar refractivity (Wildman–Crippen MR) is 191 cm³/mol. The third-order valence-corrected chi connectivity index (χ3v) is 9.37. The summed E-state index contributed by atoms with van der Waals surface area (Å²) < 4.78 is 17.3. The molecule has 6 aromatic carbocycles. The zero-order valence-electron chi connectivity index (χ0n) is 25.3. The first-order valence-corrected chi connectivity index (χ1v) is 15.9. The third kappa shape index (κ3) is 3.44. The van der Waals surface area contributed by atoms with Gasteiger partial charge in [0.15, 0.2) is 5.82 Å². The number of benzene rings is 6. The standard InChI is InChI=1S/C41H23N5O2/c1-7-21-35-24(11-1)26-13-9-15-28(38(26)47-35)31-23-37(44-40(42-31)29-16-10-14-27-25-12-2-8-22-36(25)48-39(27)29)46-34-20-6-5-19-33(34)45-32-18-4-3-17-30(32)43-41(45)46/h1-23H. The first-order valence-electron chi connectivity index (χ1n) is 15.9. The van der Waals surface area contributed by atoms with Crippen LogP contribution in [0.1, 0.15) is 0 Å². The van der Waals surface area contributed by atoms with E-state index in [1.165, 1.54) is 0 Å². The molecular formula is C41H23N5O2. The highest BCUT2D eigenvalue weighted by molar-refractivity contribution is 6.10. The summed E-state index contributed by atoms with van der Waals surface area (Å²) in [6.07, 6.45) is 0. The van der Waals surface area contributed by atoms with Gasteiger partial charge in [0.2, 0.25) is 5.78 Å². The van der Waals surface area contributed by atoms with Crippen molar-refractivity contribution in [2.24, 2.45) is 0 Å². The highest BCUT2D eigenvalue weighted by atomic mass is 16.3. The number of hydrogen-bond donors (Lipinski definition) is 0. The Morgan fingerprint density at radius 1 is 0.458 bits per heavy atom. The molecule has 5 aromatic heterocycles. The van der Waals surface area contributed by atoms with Crippen LogP contribution in [0.4, 0.5) is 0 Å². The summed E-state index contributed by atoms with van der Waals surface area (Å²) in [6, 6.07) is 47.2. The number of rotatable bonds is 3. The van der Waals surface area contributed by atoms with Gasteiger partial charge in [-0.05, 0) is 48.5 Å². The number of imidazole rings is 2. The molecule has 48 heavy (non-hydrogen) atoms. The lowest BCUT2D eigenvalue weighted by Gasteiger charge is -2.11. The summed E-state index contributed by atoms with van der Waals surface area (Å²) >= 11 is 0. The van der Waals surface area contributed by atoms with Crippen molar-refractivity contribution in [3.8, 4) is 28.5 Å². The normalized spacial score (nSPS) is 12.2. The Hall–Kier alpha value is -6.73. The topological polar surface area (TPSA) is 74.3 Å². The van der Waals surface area contributed by atoms with Gasteiger partial charge in [0.05, 0.1) is 33.3 Å². The average molecular weight is 618 g/mol. The Bertz CT molecular complexity index is 2950. The fraction of sp³-hybridized carbons (Fsp3) is 0. The van der Waals surface area contributed by atoms with E-state index < -0.39 is 0 Å². The van der Waals surface area contributed by atoms with Crippen LogP contribution in [0.3, 0.4) is 0 Å². The monoisotopic (exact) mass is 617 g/mol. The van der Waals surface area contributed by atoms with Crippen molar-refractivity contribution < 1.29 is 8.83 Å². The molecular weight excluding hydrogens is 594 g/mol. The zero-order chi connectivity index (χ0) is 31.3. The van der Waals surface area contributed by atoms with E-state index in [1.807, 2.05) is 78.9 Å². The van der Waals surface area contributed by atoms with E-state index in [1.54, 1.807) is 0 Å². The van der Waals surface area contributed by atoms with Gasteiger partial charge in [-0.25, -0.2) is 15.0 Å². The van der Waals surface area contributed by atoms with Crippen LogP contribution in [0.2, 0.25) is 0 Å². The molecule has 11 rings (SSSR count). The lowest BCUT2D eigenvalue weighted by molar-refractivity contribution is 0.669. The fourth-order valence-electron chi connectivity index (χ4n) is 7.26. The van der Waals surface area contributed by atoms with E-state index in [0.717, 1.165) is 88.5 Å². The minimum Gasteiger partial charge on any atom is -0.455 e. The Morgan fingerprint density at radius 3 is 1.79 bits per heavy atom. The lowest BCUT2D eigenvalue weighted by atomic mass is 10.1. The molecule has 0 N–H and O–H groups in total. The number of nitrogens with zero attached hydrogens (tertiary/aromatic N) is 5. The van der Waals surface area contributed by atoms with Crippen LogP contribution in [-0.2, 0) is 0 Å². The summed E-state index contributed by atoms with van der Waals surface area (Å²) in [6.45, 7) is 0. The molecule has 224 valence electrons. The molecule has 7 nitrogen and oxygen atoms in total. The number of para-hydroxylation sites is 8. The molecule has 0 unspecified atom stereocenters. The largest absolute Gasteiger partial charge is 0.455 e. The number of hydrogen-bond acceptors (Lipinski definition) is 5. The smallest absolute Gasteiger partial charge is 0.221 e. The summed E-state index contributed by atoms with van der Waals surface area (Å²) in [4.78, 5) is 15.7. The van der Waals surface area contributed by atoms with Gasteiger partial charge < -0.3 is 8.83 Å². The molecule has 5 heterocycles. The molecule has 11 aromatic rings. The van der Waals surface area contributed by atoms with E-state index >= 15 is 0 Å². The number of aromatic nitrogens is 5. The van der Waals surface area contributed by atoms with Gasteiger partial charge in [-0.1, -0.05) is 84.9 Å². The molecule has 0 saturated carbocycles. The average Bonchev–Trinajstić information content (AvgIpc) is 3.89. The van der Waals surface area contributed by atoms with Gasteiger partial charge in [-0.15, -0.1) is 0 Å². The summed E-state index contributed by atoms with van der Waals surface area (Å²) in [5.74, 6) is 2.02. The minimum atomic E-state index is 0.548. The zero-order valence-corrected chi connectivity index (χ0v) is 25.3. The molecule has 0 saturated heterocycles. The van der Waals surface area contributed by atoms with E-state index in [0.29, 0.717) is 11.6 Å². The highest BCUT2D eigenvalue weighted by Crippen LogP contribution is 2.39. The van der Waals surface area contributed by atoms with Crippen LogP contribution < -0.4 is 0 Å². The van der Waals surface area contributed by atoms with Gasteiger partial charge in [0.25, 0.3) is 0 Å². The van der Waals surface area contributed by atoms with Crippen LogP contribution in [0.25, 0.3) is 100 Å². The number of fused-ring (bicyclic) bond motifs is 11. The highest BCUT2D eigenvalue weighted by Gasteiger charge is 2.22. The molecule has 0 aliphatic rings. The predicted octanol–water partition coefficient (Wildman–Crippen LogP) is 10.4. The van der Waals surface area contributed by atoms with E-state index in [-0.39, 0.29) is 0 Å². The maximum atomic E-state index is 6.50. The van der Waals surface area contributed by atoms with Crippen molar-refractivity contribution in [3.05, 3.63) is 140 Å². The quantitative estimate of drug-likeness (QED) is 0.197. The molecule has 0 amide bonds. The van der Waals surface area contributed by atoms with Gasteiger partial charge in [0, 0.05) is 33.2 Å². The van der Waals surface area contributed by atoms with Crippen LogP contribution in [-0.4, -0.2) is 23.9 Å². The van der Waals surface area contributed by atoms with E-state index in [4.69, 9.17) is 23.8 Å². The van der Waals surface area contributed by atoms with Gasteiger partial charge >= 0.3 is 0 Å². The Labute approximate surface area is 271 Å². The molecule has 0 bridgehead atoms. The minimum absolute atomic E-state index is 0.548. The molecule has 0 atom stereocenters. The van der Waals surface area contributed by atoms with Crippen LogP contribution in [0.5, 0.6) is 0 Å². The summed E-state index contributed by atoms with van der Waals surface area (Å²) in [5, 5.41) is 4.18. The lowest BCUT2D eigenvalue weighted by Crippen LogP contribution is -2.03. The molecule has 0 aliphatic heterocycles. The molecule has 0 aliphatic carbocycles. The van der Waals surface area contributed by atoms with Crippen molar-refractivity contribution in [1.29, 1.82) is 0 Å². The van der Waals surface area contributed by atoms with Gasteiger partial charge in [-0.2, -0.15) is 0 Å². The van der Waals surface area contributed by atoms with Gasteiger partial charge in [0.1, 0.15) is 28.1 Å². The second-order valence-corrected chi connectivity index (χ2v) is 12.1. The van der Waals surface area contributed by atoms with Crippen LogP contribution >= 0.6 is 0 Å². The SMILES string of the molecule is c1ccc2c(c1)nc1n(-c3cc(-c4cccc5c4oc4ccccc45)nc(-c4cccc5c4oc4ccccc45)n3)c3ccccc3n21. The Morgan fingerprint density at radius 2 is 1.04 bits per heavy atom. The molecule has 0 fully saturated rings. The maximum absolute atomic E-state index is 6.50. The second-order valence-electron chi connectivity index (χ2n) is 12.1. The first-order chi connectivity index (χ1) is 23.8. The van der Waals surface area contributed by atoms with E-state index in [2.05, 4.69) is 69.6 Å². The van der Waals surface area contributed by atoms with Crippen molar-refractivity contribution in [1.82, 2.24) is 23.9 Å².